The Morgan fingerprint density at radius 2 is 2.25 bits per heavy atom. The van der Waals surface area contributed by atoms with E-state index in [-0.39, 0.29) is 0 Å². The average Bonchev–Trinajstić information content (AvgIpc) is 2.21. The van der Waals surface area contributed by atoms with Crippen LogP contribution in [0.1, 0.15) is 19.5 Å². The number of amides is 1. The molecule has 0 aromatic carbocycles. The Kier molecular flexibility index (Phi) is 4.73. The molecular formula is C11H15BrN2O2. The number of anilines is 1. The van der Waals surface area contributed by atoms with Gasteiger partial charge in [0.15, 0.2) is 0 Å². The summed E-state index contributed by atoms with van der Waals surface area (Å²) in [6.07, 6.45) is -0.470. The van der Waals surface area contributed by atoms with Crippen LogP contribution in [0.15, 0.2) is 16.6 Å². The van der Waals surface area contributed by atoms with Gasteiger partial charge in [-0.15, -0.1) is 0 Å². The summed E-state index contributed by atoms with van der Waals surface area (Å²) >= 11 is 3.34. The first-order valence-electron chi connectivity index (χ1n) is 5.06. The fourth-order valence-corrected chi connectivity index (χ4v) is 1.22. The summed E-state index contributed by atoms with van der Waals surface area (Å²) in [5, 5.41) is 2.57. The lowest BCUT2D eigenvalue weighted by atomic mass is 10.2. The van der Waals surface area contributed by atoms with Gasteiger partial charge in [-0.1, -0.05) is 13.8 Å². The topological polar surface area (TPSA) is 51.2 Å². The molecule has 1 aromatic rings. The number of hydrogen-bond acceptors (Lipinski definition) is 3. The zero-order valence-electron chi connectivity index (χ0n) is 9.58. The maximum absolute atomic E-state index is 11.3. The predicted octanol–water partition coefficient (Wildman–Crippen LogP) is 3.36. The van der Waals surface area contributed by atoms with Crippen molar-refractivity contribution in [2.24, 2.45) is 5.92 Å². The maximum atomic E-state index is 11.3. The molecule has 0 bridgehead atoms. The first-order valence-corrected chi connectivity index (χ1v) is 5.85. The van der Waals surface area contributed by atoms with Gasteiger partial charge in [0.1, 0.15) is 5.82 Å². The molecule has 0 fully saturated rings. The summed E-state index contributed by atoms with van der Waals surface area (Å²) in [6, 6.07) is 3.55. The Labute approximate surface area is 104 Å². The summed E-state index contributed by atoms with van der Waals surface area (Å²) in [4.78, 5) is 15.5. The molecule has 1 aromatic heterocycles. The molecule has 0 aliphatic rings. The van der Waals surface area contributed by atoms with Gasteiger partial charge >= 0.3 is 6.09 Å². The third-order valence-corrected chi connectivity index (χ3v) is 2.64. The van der Waals surface area contributed by atoms with Crippen molar-refractivity contribution in [3.05, 3.63) is 22.3 Å². The highest BCUT2D eigenvalue weighted by atomic mass is 79.9. The van der Waals surface area contributed by atoms with E-state index >= 15 is 0 Å². The molecule has 0 saturated carbocycles. The van der Waals surface area contributed by atoms with Crippen molar-refractivity contribution < 1.29 is 9.53 Å². The number of halogens is 1. The number of nitrogens with one attached hydrogen (secondary N) is 1. The van der Waals surface area contributed by atoms with Gasteiger partial charge < -0.3 is 4.74 Å². The molecule has 0 spiro atoms. The highest BCUT2D eigenvalue weighted by Gasteiger charge is 2.06. The standard InChI is InChI=1S/C11H15BrN2O2/c1-7(2)6-16-11(15)14-10-5-4-9(12)8(3)13-10/h4-5,7H,6H2,1-3H3,(H,13,14,15). The Morgan fingerprint density at radius 1 is 1.56 bits per heavy atom. The number of ether oxygens (including phenoxy) is 1. The Balaban J connectivity index is 2.53. The molecule has 0 saturated heterocycles. The molecule has 0 unspecified atom stereocenters. The third-order valence-electron chi connectivity index (χ3n) is 1.80. The minimum absolute atomic E-state index is 0.324. The first-order chi connectivity index (χ1) is 7.49. The lowest BCUT2D eigenvalue weighted by Gasteiger charge is -2.08. The summed E-state index contributed by atoms with van der Waals surface area (Å²) in [7, 11) is 0. The van der Waals surface area contributed by atoms with Crippen LogP contribution in [-0.4, -0.2) is 17.7 Å². The normalized spacial score (nSPS) is 10.3. The summed E-state index contributed by atoms with van der Waals surface area (Å²) in [5.41, 5.74) is 0.821. The quantitative estimate of drug-likeness (QED) is 0.927. The van der Waals surface area contributed by atoms with Crippen LogP contribution in [0.4, 0.5) is 10.6 Å². The van der Waals surface area contributed by atoms with E-state index in [0.717, 1.165) is 10.2 Å². The number of hydrogen-bond donors (Lipinski definition) is 1. The van der Waals surface area contributed by atoms with Crippen molar-refractivity contribution in [3.63, 3.8) is 0 Å². The number of nitrogens with zero attached hydrogens (tertiary/aromatic N) is 1. The van der Waals surface area contributed by atoms with Crippen molar-refractivity contribution in [1.82, 2.24) is 4.98 Å². The maximum Gasteiger partial charge on any atom is 0.412 e. The van der Waals surface area contributed by atoms with E-state index in [1.54, 1.807) is 6.07 Å². The zero-order valence-corrected chi connectivity index (χ0v) is 11.2. The molecule has 1 N–H and O–H groups in total. The summed E-state index contributed by atoms with van der Waals surface area (Å²) in [5.74, 6) is 0.819. The lowest BCUT2D eigenvalue weighted by Crippen LogP contribution is -2.17. The number of carbonyl (C=O) groups excluding carboxylic acids is 1. The lowest BCUT2D eigenvalue weighted by molar-refractivity contribution is 0.147. The molecule has 88 valence electrons. The molecule has 0 aliphatic heterocycles. The highest BCUT2D eigenvalue weighted by molar-refractivity contribution is 9.10. The van der Waals surface area contributed by atoms with Gasteiger partial charge in [-0.05, 0) is 40.9 Å². The SMILES string of the molecule is Cc1nc(NC(=O)OCC(C)C)ccc1Br. The molecule has 16 heavy (non-hydrogen) atoms. The Hall–Kier alpha value is -1.10. The molecule has 0 atom stereocenters. The van der Waals surface area contributed by atoms with Crippen LogP contribution in [0, 0.1) is 12.8 Å². The van der Waals surface area contributed by atoms with E-state index in [1.165, 1.54) is 0 Å². The highest BCUT2D eigenvalue weighted by Crippen LogP contribution is 2.16. The van der Waals surface area contributed by atoms with Crippen LogP contribution in [0.5, 0.6) is 0 Å². The number of rotatable bonds is 3. The molecule has 1 heterocycles. The van der Waals surface area contributed by atoms with E-state index < -0.39 is 6.09 Å². The van der Waals surface area contributed by atoms with Crippen molar-refractivity contribution >= 4 is 27.8 Å². The molecule has 4 nitrogen and oxygen atoms in total. The molecule has 0 aliphatic carbocycles. The molecule has 0 radical (unpaired) electrons. The molecular weight excluding hydrogens is 272 g/mol. The minimum Gasteiger partial charge on any atom is -0.449 e. The smallest absolute Gasteiger partial charge is 0.412 e. The van der Waals surface area contributed by atoms with E-state index in [4.69, 9.17) is 4.74 Å². The van der Waals surface area contributed by atoms with E-state index in [9.17, 15) is 4.79 Å². The van der Waals surface area contributed by atoms with Gasteiger partial charge in [0, 0.05) is 4.47 Å². The van der Waals surface area contributed by atoms with Gasteiger partial charge in [-0.25, -0.2) is 9.78 Å². The number of aryl methyl sites for hydroxylation is 1. The van der Waals surface area contributed by atoms with Gasteiger partial charge in [-0.3, -0.25) is 5.32 Å². The Morgan fingerprint density at radius 3 is 2.81 bits per heavy atom. The van der Waals surface area contributed by atoms with Crippen LogP contribution in [-0.2, 0) is 4.74 Å². The van der Waals surface area contributed by atoms with E-state index in [1.807, 2.05) is 26.8 Å². The number of aromatic nitrogens is 1. The van der Waals surface area contributed by atoms with Crippen molar-refractivity contribution in [3.8, 4) is 0 Å². The summed E-state index contributed by atoms with van der Waals surface area (Å²) in [6.45, 7) is 6.22. The van der Waals surface area contributed by atoms with Crippen molar-refractivity contribution in [2.75, 3.05) is 11.9 Å². The minimum atomic E-state index is -0.470. The molecule has 1 rings (SSSR count). The van der Waals surface area contributed by atoms with Gasteiger partial charge in [-0.2, -0.15) is 0 Å². The van der Waals surface area contributed by atoms with E-state index in [2.05, 4.69) is 26.2 Å². The van der Waals surface area contributed by atoms with Crippen molar-refractivity contribution in [2.45, 2.75) is 20.8 Å². The fraction of sp³-hybridized carbons (Fsp3) is 0.455. The molecule has 1 amide bonds. The number of pyridine rings is 1. The predicted molar refractivity (Wildman–Crippen MR) is 66.5 cm³/mol. The summed E-state index contributed by atoms with van der Waals surface area (Å²) < 4.78 is 5.89. The Bertz CT molecular complexity index is 380. The van der Waals surface area contributed by atoms with Gasteiger partial charge in [0.2, 0.25) is 0 Å². The van der Waals surface area contributed by atoms with Gasteiger partial charge in [0.05, 0.1) is 12.3 Å². The second-order valence-electron chi connectivity index (χ2n) is 3.88. The van der Waals surface area contributed by atoms with Gasteiger partial charge in [0.25, 0.3) is 0 Å². The third kappa shape index (κ3) is 4.18. The zero-order chi connectivity index (χ0) is 12.1. The average molecular weight is 287 g/mol. The van der Waals surface area contributed by atoms with Crippen LogP contribution < -0.4 is 5.32 Å². The van der Waals surface area contributed by atoms with Crippen LogP contribution in [0.25, 0.3) is 0 Å². The van der Waals surface area contributed by atoms with Crippen LogP contribution >= 0.6 is 15.9 Å². The monoisotopic (exact) mass is 286 g/mol. The number of carbonyl (C=O) groups is 1. The van der Waals surface area contributed by atoms with Crippen molar-refractivity contribution in [1.29, 1.82) is 0 Å². The van der Waals surface area contributed by atoms with Crippen LogP contribution in [0.2, 0.25) is 0 Å². The fourth-order valence-electron chi connectivity index (χ4n) is 0.997. The second kappa shape index (κ2) is 5.84. The first kappa shape index (κ1) is 13.0. The van der Waals surface area contributed by atoms with E-state index in [0.29, 0.717) is 18.3 Å². The molecule has 5 heteroatoms. The van der Waals surface area contributed by atoms with Crippen LogP contribution in [0.3, 0.4) is 0 Å². The largest absolute Gasteiger partial charge is 0.449 e. The second-order valence-corrected chi connectivity index (χ2v) is 4.74.